The standard InChI is InChI=1S/C13H12ClNO4S2/c1-15(7-9-4-2-3-5-11(9)14)21(18,19)12-6-10(8-20-12)13(16)17/h2-6,8H,7H2,1H3,(H,16,17). The highest BCUT2D eigenvalue weighted by atomic mass is 35.5. The van der Waals surface area contributed by atoms with Gasteiger partial charge in [-0.05, 0) is 17.7 Å². The number of thiophene rings is 1. The van der Waals surface area contributed by atoms with Gasteiger partial charge in [-0.2, -0.15) is 4.31 Å². The SMILES string of the molecule is CN(Cc1ccccc1Cl)S(=O)(=O)c1cc(C(=O)O)cs1. The normalized spacial score (nSPS) is 11.8. The van der Waals surface area contributed by atoms with E-state index in [9.17, 15) is 13.2 Å². The number of benzene rings is 1. The first-order valence-electron chi connectivity index (χ1n) is 5.84. The molecule has 0 amide bonds. The summed E-state index contributed by atoms with van der Waals surface area (Å²) in [5.41, 5.74) is 0.643. The Morgan fingerprint density at radius 3 is 2.62 bits per heavy atom. The van der Waals surface area contributed by atoms with E-state index in [1.165, 1.54) is 12.4 Å². The first kappa shape index (κ1) is 16.0. The molecule has 0 unspecified atom stereocenters. The number of hydrogen-bond donors (Lipinski definition) is 1. The fraction of sp³-hybridized carbons (Fsp3) is 0.154. The summed E-state index contributed by atoms with van der Waals surface area (Å²) in [6.07, 6.45) is 0. The van der Waals surface area contributed by atoms with Gasteiger partial charge in [0.25, 0.3) is 10.0 Å². The molecule has 0 fully saturated rings. The topological polar surface area (TPSA) is 74.7 Å². The lowest BCUT2D eigenvalue weighted by atomic mass is 10.2. The molecule has 0 aliphatic heterocycles. The Labute approximate surface area is 131 Å². The van der Waals surface area contributed by atoms with Crippen molar-refractivity contribution in [3.63, 3.8) is 0 Å². The van der Waals surface area contributed by atoms with E-state index in [1.54, 1.807) is 24.3 Å². The Hall–Kier alpha value is -1.41. The van der Waals surface area contributed by atoms with Crippen molar-refractivity contribution < 1.29 is 18.3 Å². The second kappa shape index (κ2) is 6.15. The van der Waals surface area contributed by atoms with Crippen LogP contribution < -0.4 is 0 Å². The summed E-state index contributed by atoms with van der Waals surface area (Å²) in [4.78, 5) is 10.8. The van der Waals surface area contributed by atoms with Crippen LogP contribution in [0.2, 0.25) is 5.02 Å². The molecule has 1 aromatic heterocycles. The summed E-state index contributed by atoms with van der Waals surface area (Å²) in [5, 5.41) is 10.6. The van der Waals surface area contributed by atoms with Crippen LogP contribution in [0.3, 0.4) is 0 Å². The molecule has 0 saturated heterocycles. The van der Waals surface area contributed by atoms with E-state index in [0.717, 1.165) is 21.7 Å². The van der Waals surface area contributed by atoms with Gasteiger partial charge in [0, 0.05) is 24.0 Å². The van der Waals surface area contributed by atoms with E-state index in [2.05, 4.69) is 0 Å². The molecule has 112 valence electrons. The number of carboxylic acid groups (broad SMARTS) is 1. The highest BCUT2D eigenvalue weighted by Gasteiger charge is 2.24. The van der Waals surface area contributed by atoms with E-state index in [-0.39, 0.29) is 16.3 Å². The lowest BCUT2D eigenvalue weighted by Crippen LogP contribution is -2.26. The highest BCUT2D eigenvalue weighted by molar-refractivity contribution is 7.91. The van der Waals surface area contributed by atoms with E-state index in [1.807, 2.05) is 0 Å². The third-order valence-corrected chi connectivity index (χ3v) is 6.43. The number of rotatable bonds is 5. The first-order valence-corrected chi connectivity index (χ1v) is 8.53. The molecule has 2 aromatic rings. The number of nitrogens with zero attached hydrogens (tertiary/aromatic N) is 1. The van der Waals surface area contributed by atoms with Gasteiger partial charge >= 0.3 is 5.97 Å². The second-order valence-corrected chi connectivity index (χ2v) is 7.90. The van der Waals surface area contributed by atoms with Crippen LogP contribution in [0.1, 0.15) is 15.9 Å². The van der Waals surface area contributed by atoms with Crippen LogP contribution in [0.5, 0.6) is 0 Å². The van der Waals surface area contributed by atoms with E-state index in [4.69, 9.17) is 16.7 Å². The van der Waals surface area contributed by atoms with Crippen LogP contribution in [0.4, 0.5) is 0 Å². The van der Waals surface area contributed by atoms with Crippen molar-refractivity contribution in [2.24, 2.45) is 0 Å². The predicted octanol–water partition coefficient (Wildman–Crippen LogP) is 2.92. The van der Waals surface area contributed by atoms with Crippen molar-refractivity contribution in [2.45, 2.75) is 10.8 Å². The molecule has 8 heteroatoms. The largest absolute Gasteiger partial charge is 0.478 e. The molecule has 0 spiro atoms. The van der Waals surface area contributed by atoms with Crippen LogP contribution in [0.25, 0.3) is 0 Å². The van der Waals surface area contributed by atoms with Gasteiger partial charge in [-0.3, -0.25) is 0 Å². The van der Waals surface area contributed by atoms with Gasteiger partial charge in [-0.1, -0.05) is 29.8 Å². The molecule has 1 heterocycles. The maximum Gasteiger partial charge on any atom is 0.336 e. The van der Waals surface area contributed by atoms with Crippen LogP contribution >= 0.6 is 22.9 Å². The summed E-state index contributed by atoms with van der Waals surface area (Å²) >= 11 is 6.90. The van der Waals surface area contributed by atoms with Gasteiger partial charge in [0.1, 0.15) is 4.21 Å². The third-order valence-electron chi connectivity index (χ3n) is 2.84. The van der Waals surface area contributed by atoms with Crippen molar-refractivity contribution in [1.29, 1.82) is 0 Å². The van der Waals surface area contributed by atoms with Crippen LogP contribution in [-0.2, 0) is 16.6 Å². The van der Waals surface area contributed by atoms with Gasteiger partial charge in [-0.15, -0.1) is 11.3 Å². The van der Waals surface area contributed by atoms with Gasteiger partial charge in [-0.25, -0.2) is 13.2 Å². The molecule has 0 aliphatic carbocycles. The summed E-state index contributed by atoms with van der Waals surface area (Å²) in [5.74, 6) is -1.15. The molecule has 0 saturated carbocycles. The minimum atomic E-state index is -3.74. The van der Waals surface area contributed by atoms with Gasteiger partial charge in [0.15, 0.2) is 0 Å². The molecular weight excluding hydrogens is 334 g/mol. The van der Waals surface area contributed by atoms with Crippen LogP contribution in [0.15, 0.2) is 39.9 Å². The van der Waals surface area contributed by atoms with Crippen molar-refractivity contribution in [3.8, 4) is 0 Å². The summed E-state index contributed by atoms with van der Waals surface area (Å²) in [6.45, 7) is 0.113. The molecule has 21 heavy (non-hydrogen) atoms. The van der Waals surface area contributed by atoms with Crippen LogP contribution in [0, 0.1) is 0 Å². The Morgan fingerprint density at radius 2 is 2.05 bits per heavy atom. The van der Waals surface area contributed by atoms with Gasteiger partial charge in [0.2, 0.25) is 0 Å². The number of hydrogen-bond acceptors (Lipinski definition) is 4. The highest BCUT2D eigenvalue weighted by Crippen LogP contribution is 2.25. The fourth-order valence-electron chi connectivity index (χ4n) is 1.67. The first-order chi connectivity index (χ1) is 9.82. The number of halogens is 1. The minimum Gasteiger partial charge on any atom is -0.478 e. The van der Waals surface area contributed by atoms with Crippen LogP contribution in [-0.4, -0.2) is 30.8 Å². The monoisotopic (exact) mass is 345 g/mol. The van der Waals surface area contributed by atoms with E-state index in [0.29, 0.717) is 10.6 Å². The Balaban J connectivity index is 2.26. The Kier molecular flexibility index (Phi) is 4.67. The van der Waals surface area contributed by atoms with Crippen molar-refractivity contribution in [2.75, 3.05) is 7.05 Å². The predicted molar refractivity (Wildman–Crippen MR) is 81.4 cm³/mol. The minimum absolute atomic E-state index is 0.00514. The fourth-order valence-corrected chi connectivity index (χ4v) is 4.38. The Bertz CT molecular complexity index is 770. The zero-order valence-corrected chi connectivity index (χ0v) is 13.4. The second-order valence-electron chi connectivity index (χ2n) is 4.31. The molecule has 0 bridgehead atoms. The summed E-state index contributed by atoms with van der Waals surface area (Å²) in [6, 6.07) is 8.12. The third kappa shape index (κ3) is 3.44. The number of carbonyl (C=O) groups is 1. The zero-order chi connectivity index (χ0) is 15.6. The van der Waals surface area contributed by atoms with Crippen molar-refractivity contribution in [1.82, 2.24) is 4.31 Å². The van der Waals surface area contributed by atoms with Crippen molar-refractivity contribution in [3.05, 3.63) is 51.9 Å². The average Bonchev–Trinajstić information content (AvgIpc) is 2.91. The van der Waals surface area contributed by atoms with Crippen molar-refractivity contribution >= 4 is 38.9 Å². The molecular formula is C13H12ClNO4S2. The molecule has 0 atom stereocenters. The zero-order valence-electron chi connectivity index (χ0n) is 11.0. The number of aromatic carboxylic acids is 1. The maximum absolute atomic E-state index is 12.4. The number of sulfonamides is 1. The number of carboxylic acids is 1. The molecule has 1 aromatic carbocycles. The Morgan fingerprint density at radius 1 is 1.38 bits per heavy atom. The summed E-state index contributed by atoms with van der Waals surface area (Å²) < 4.78 is 25.9. The molecule has 0 radical (unpaired) electrons. The lowest BCUT2D eigenvalue weighted by molar-refractivity contribution is 0.0697. The molecule has 1 N–H and O–H groups in total. The van der Waals surface area contributed by atoms with E-state index < -0.39 is 16.0 Å². The lowest BCUT2D eigenvalue weighted by Gasteiger charge is -2.16. The summed E-state index contributed by atoms with van der Waals surface area (Å²) in [7, 11) is -2.31. The molecule has 0 aliphatic rings. The molecule has 5 nitrogen and oxygen atoms in total. The molecule has 2 rings (SSSR count). The maximum atomic E-state index is 12.4. The van der Waals surface area contributed by atoms with Gasteiger partial charge in [0.05, 0.1) is 5.56 Å². The van der Waals surface area contributed by atoms with E-state index >= 15 is 0 Å². The smallest absolute Gasteiger partial charge is 0.336 e. The average molecular weight is 346 g/mol. The quantitative estimate of drug-likeness (QED) is 0.904. The van der Waals surface area contributed by atoms with Gasteiger partial charge < -0.3 is 5.11 Å².